The van der Waals surface area contributed by atoms with Gasteiger partial charge in [0.25, 0.3) is 5.56 Å². The predicted molar refractivity (Wildman–Crippen MR) is 141 cm³/mol. The van der Waals surface area contributed by atoms with E-state index in [9.17, 15) is 9.59 Å². The Morgan fingerprint density at radius 3 is 2.37 bits per heavy atom. The van der Waals surface area contributed by atoms with Crippen molar-refractivity contribution in [3.63, 3.8) is 0 Å². The molecule has 176 valence electrons. The molecule has 0 aliphatic rings. The van der Waals surface area contributed by atoms with Gasteiger partial charge in [0.05, 0.1) is 22.3 Å². The third-order valence-electron chi connectivity index (χ3n) is 5.75. The van der Waals surface area contributed by atoms with Gasteiger partial charge in [-0.05, 0) is 41.3 Å². The molecule has 0 radical (unpaired) electrons. The van der Waals surface area contributed by atoms with E-state index in [0.29, 0.717) is 27.5 Å². The molecular weight excluding hydrogens is 458 g/mol. The lowest BCUT2D eigenvalue weighted by atomic mass is 9.86. The minimum atomic E-state index is -0.167. The summed E-state index contributed by atoms with van der Waals surface area (Å²) in [5, 5.41) is 12.8. The molecule has 0 bridgehead atoms. The molecule has 35 heavy (non-hydrogen) atoms. The summed E-state index contributed by atoms with van der Waals surface area (Å²) in [6, 6.07) is 24.6. The maximum Gasteiger partial charge on any atom is 0.267 e. The first-order chi connectivity index (χ1) is 16.8. The van der Waals surface area contributed by atoms with E-state index in [2.05, 4.69) is 36.3 Å². The Balaban J connectivity index is 1.51. The highest BCUT2D eigenvalue weighted by Gasteiger charge is 2.20. The highest BCUT2D eigenvalue weighted by molar-refractivity contribution is 7.99. The van der Waals surface area contributed by atoms with Crippen LogP contribution in [0.1, 0.15) is 26.3 Å². The number of carbonyl (C=O) groups excluding carboxylic acids is 1. The summed E-state index contributed by atoms with van der Waals surface area (Å²) in [6.07, 6.45) is 0. The number of amides is 1. The van der Waals surface area contributed by atoms with Crippen molar-refractivity contribution in [2.75, 3.05) is 11.1 Å². The molecule has 7 nitrogen and oxygen atoms in total. The third kappa shape index (κ3) is 4.33. The average molecular weight is 484 g/mol. The van der Waals surface area contributed by atoms with Gasteiger partial charge in [-0.1, -0.05) is 81.1 Å². The lowest BCUT2D eigenvalue weighted by Gasteiger charge is -2.22. The van der Waals surface area contributed by atoms with Crippen LogP contribution in [0.5, 0.6) is 0 Å². The molecule has 2 heterocycles. The van der Waals surface area contributed by atoms with Crippen molar-refractivity contribution >= 4 is 40.0 Å². The van der Waals surface area contributed by atoms with Gasteiger partial charge in [0.2, 0.25) is 11.7 Å². The average Bonchev–Trinajstić information content (AvgIpc) is 3.27. The number of nitrogens with zero attached hydrogens (tertiary/aromatic N) is 4. The number of hydrogen-bond acceptors (Lipinski definition) is 5. The lowest BCUT2D eigenvalue weighted by Crippen LogP contribution is -2.22. The fourth-order valence-corrected chi connectivity index (χ4v) is 4.88. The third-order valence-corrected chi connectivity index (χ3v) is 6.68. The Labute approximate surface area is 206 Å². The molecule has 0 unspecified atom stereocenters. The van der Waals surface area contributed by atoms with Crippen molar-refractivity contribution < 1.29 is 4.79 Å². The van der Waals surface area contributed by atoms with Crippen molar-refractivity contribution in [1.29, 1.82) is 0 Å². The molecule has 0 aliphatic carbocycles. The van der Waals surface area contributed by atoms with Crippen LogP contribution >= 0.6 is 11.8 Å². The molecule has 3 aromatic carbocycles. The van der Waals surface area contributed by atoms with Crippen LogP contribution in [0.3, 0.4) is 0 Å². The monoisotopic (exact) mass is 483 g/mol. The minimum absolute atomic E-state index is 0.0970. The van der Waals surface area contributed by atoms with E-state index in [1.165, 1.54) is 11.8 Å². The summed E-state index contributed by atoms with van der Waals surface area (Å²) in [6.45, 7) is 6.35. The molecule has 2 aromatic heterocycles. The molecular formula is C27H25N5O2S. The van der Waals surface area contributed by atoms with E-state index in [-0.39, 0.29) is 22.6 Å². The van der Waals surface area contributed by atoms with E-state index >= 15 is 0 Å². The molecule has 0 atom stereocenters. The smallest absolute Gasteiger partial charge is 0.267 e. The van der Waals surface area contributed by atoms with Crippen LogP contribution in [-0.2, 0) is 10.2 Å². The molecule has 0 aliphatic heterocycles. The first-order valence-corrected chi connectivity index (χ1v) is 12.3. The lowest BCUT2D eigenvalue weighted by molar-refractivity contribution is -0.113. The maximum absolute atomic E-state index is 13.3. The van der Waals surface area contributed by atoms with Crippen LogP contribution in [0.4, 0.5) is 5.69 Å². The molecule has 0 fully saturated rings. The summed E-state index contributed by atoms with van der Waals surface area (Å²) in [4.78, 5) is 26.2. The number of carbonyl (C=O) groups is 1. The van der Waals surface area contributed by atoms with Gasteiger partial charge in [0, 0.05) is 5.69 Å². The van der Waals surface area contributed by atoms with E-state index in [0.717, 1.165) is 11.3 Å². The molecule has 0 saturated carbocycles. The van der Waals surface area contributed by atoms with Crippen LogP contribution < -0.4 is 10.9 Å². The van der Waals surface area contributed by atoms with E-state index in [1.807, 2.05) is 77.2 Å². The van der Waals surface area contributed by atoms with Crippen LogP contribution in [-0.4, -0.2) is 30.8 Å². The minimum Gasteiger partial charge on any atom is -0.325 e. The standard InChI is InChI=1S/C27H25N5O2S/c1-27(2,3)20-14-8-9-15-21(20)28-23(33)17-35-26-30-29-25-31(18-11-5-4-6-12-18)24(34)19-13-7-10-16-22(19)32(25)26/h4-16H,17H2,1-3H3,(H,28,33). The first-order valence-electron chi connectivity index (χ1n) is 11.3. The zero-order chi connectivity index (χ0) is 24.6. The molecule has 5 aromatic rings. The second-order valence-electron chi connectivity index (χ2n) is 9.24. The zero-order valence-electron chi connectivity index (χ0n) is 19.7. The predicted octanol–water partition coefficient (Wildman–Crippen LogP) is 5.06. The number of aromatic nitrogens is 4. The number of anilines is 1. The second kappa shape index (κ2) is 9.03. The number of benzene rings is 3. The number of thioether (sulfide) groups is 1. The summed E-state index contributed by atoms with van der Waals surface area (Å²) in [5.41, 5.74) is 3.02. The summed E-state index contributed by atoms with van der Waals surface area (Å²) in [7, 11) is 0. The van der Waals surface area contributed by atoms with Gasteiger partial charge in [0.15, 0.2) is 5.16 Å². The Kier molecular flexibility index (Phi) is 5.90. The SMILES string of the molecule is CC(C)(C)c1ccccc1NC(=O)CSc1nnc2n(-c3ccccc3)c(=O)c3ccccc3n12. The van der Waals surface area contributed by atoms with E-state index < -0.39 is 0 Å². The molecule has 0 saturated heterocycles. The number of para-hydroxylation sites is 3. The number of fused-ring (bicyclic) bond motifs is 3. The summed E-state index contributed by atoms with van der Waals surface area (Å²) < 4.78 is 3.39. The number of hydrogen-bond donors (Lipinski definition) is 1. The Morgan fingerprint density at radius 2 is 1.60 bits per heavy atom. The maximum atomic E-state index is 13.3. The van der Waals surface area contributed by atoms with Crippen molar-refractivity contribution in [3.05, 3.63) is 94.8 Å². The van der Waals surface area contributed by atoms with Gasteiger partial charge in [-0.25, -0.2) is 4.57 Å². The molecule has 5 rings (SSSR count). The quantitative estimate of drug-likeness (QED) is 0.353. The van der Waals surface area contributed by atoms with Crippen LogP contribution in [0.25, 0.3) is 22.4 Å². The number of nitrogens with one attached hydrogen (secondary N) is 1. The Bertz CT molecular complexity index is 1600. The summed E-state index contributed by atoms with van der Waals surface area (Å²) >= 11 is 1.28. The van der Waals surface area contributed by atoms with Gasteiger partial charge < -0.3 is 5.32 Å². The zero-order valence-corrected chi connectivity index (χ0v) is 20.5. The van der Waals surface area contributed by atoms with Gasteiger partial charge in [-0.2, -0.15) is 0 Å². The van der Waals surface area contributed by atoms with Gasteiger partial charge in [-0.3, -0.25) is 14.0 Å². The normalized spacial score (nSPS) is 11.7. The van der Waals surface area contributed by atoms with E-state index in [1.54, 1.807) is 10.6 Å². The van der Waals surface area contributed by atoms with Crippen LogP contribution in [0.15, 0.2) is 88.8 Å². The largest absolute Gasteiger partial charge is 0.325 e. The fraction of sp³-hybridized carbons (Fsp3) is 0.185. The molecule has 0 spiro atoms. The van der Waals surface area contributed by atoms with Gasteiger partial charge in [-0.15, -0.1) is 10.2 Å². The Hall–Kier alpha value is -3.91. The summed E-state index contributed by atoms with van der Waals surface area (Å²) in [5.74, 6) is 0.419. The first kappa shape index (κ1) is 22.9. The van der Waals surface area contributed by atoms with Crippen molar-refractivity contribution in [2.45, 2.75) is 31.3 Å². The Morgan fingerprint density at radius 1 is 0.914 bits per heavy atom. The second-order valence-corrected chi connectivity index (χ2v) is 10.2. The molecule has 8 heteroatoms. The molecule has 1 amide bonds. The van der Waals surface area contributed by atoms with Crippen LogP contribution in [0, 0.1) is 0 Å². The topological polar surface area (TPSA) is 81.3 Å². The van der Waals surface area contributed by atoms with Crippen LogP contribution in [0.2, 0.25) is 0 Å². The number of rotatable bonds is 5. The highest BCUT2D eigenvalue weighted by Crippen LogP contribution is 2.30. The van der Waals surface area contributed by atoms with E-state index in [4.69, 9.17) is 0 Å². The molecule has 1 N–H and O–H groups in total. The van der Waals surface area contributed by atoms with Gasteiger partial charge >= 0.3 is 0 Å². The van der Waals surface area contributed by atoms with Gasteiger partial charge in [0.1, 0.15) is 0 Å². The van der Waals surface area contributed by atoms with Crippen molar-refractivity contribution in [2.24, 2.45) is 0 Å². The van der Waals surface area contributed by atoms with Crippen molar-refractivity contribution in [1.82, 2.24) is 19.2 Å². The fourth-order valence-electron chi connectivity index (χ4n) is 4.14. The highest BCUT2D eigenvalue weighted by atomic mass is 32.2. The van der Waals surface area contributed by atoms with Crippen molar-refractivity contribution in [3.8, 4) is 5.69 Å².